The van der Waals surface area contributed by atoms with E-state index in [4.69, 9.17) is 4.98 Å². The van der Waals surface area contributed by atoms with Crippen LogP contribution in [0.25, 0.3) is 10.6 Å². The van der Waals surface area contributed by atoms with Crippen molar-refractivity contribution in [3.8, 4) is 10.6 Å². The third-order valence-corrected chi connectivity index (χ3v) is 5.96. The number of aryl methyl sites for hydroxylation is 2. The van der Waals surface area contributed by atoms with Gasteiger partial charge in [-0.3, -0.25) is 4.90 Å². The molecular weight excluding hydrogens is 300 g/mol. The summed E-state index contributed by atoms with van der Waals surface area (Å²) < 4.78 is 0. The Kier molecular flexibility index (Phi) is 4.69. The van der Waals surface area contributed by atoms with Crippen molar-refractivity contribution in [2.24, 2.45) is 0 Å². The number of hydrogen-bond acceptors (Lipinski definition) is 6. The van der Waals surface area contributed by atoms with Crippen molar-refractivity contribution in [2.75, 3.05) is 26.2 Å². The average molecular weight is 323 g/mol. The first-order chi connectivity index (χ1) is 10.2. The van der Waals surface area contributed by atoms with Crippen LogP contribution in [0.3, 0.4) is 0 Å². The highest BCUT2D eigenvalue weighted by Crippen LogP contribution is 2.34. The molecule has 1 aliphatic rings. The van der Waals surface area contributed by atoms with Gasteiger partial charge in [-0.25, -0.2) is 9.97 Å². The molecule has 2 aromatic rings. The SMILES string of the molecule is CCC(c1nc(-c2sc(C)nc2C)cs1)N1CCNCC1. The van der Waals surface area contributed by atoms with Crippen LogP contribution in [0.15, 0.2) is 5.38 Å². The molecule has 0 saturated carbocycles. The molecule has 3 heterocycles. The van der Waals surface area contributed by atoms with Gasteiger partial charge in [0.1, 0.15) is 5.01 Å². The largest absolute Gasteiger partial charge is 0.314 e. The molecule has 21 heavy (non-hydrogen) atoms. The van der Waals surface area contributed by atoms with Crippen molar-refractivity contribution in [3.63, 3.8) is 0 Å². The first kappa shape index (κ1) is 15.1. The highest BCUT2D eigenvalue weighted by molar-refractivity contribution is 7.16. The van der Waals surface area contributed by atoms with Crippen molar-refractivity contribution in [2.45, 2.75) is 33.2 Å². The molecule has 0 spiro atoms. The second-order valence-electron chi connectivity index (χ2n) is 5.43. The van der Waals surface area contributed by atoms with E-state index in [9.17, 15) is 0 Å². The number of nitrogens with zero attached hydrogens (tertiary/aromatic N) is 3. The maximum Gasteiger partial charge on any atom is 0.111 e. The Morgan fingerprint density at radius 1 is 1.29 bits per heavy atom. The first-order valence-corrected chi connectivity index (χ1v) is 9.23. The third kappa shape index (κ3) is 3.18. The number of rotatable bonds is 4. The van der Waals surface area contributed by atoms with E-state index < -0.39 is 0 Å². The van der Waals surface area contributed by atoms with Crippen molar-refractivity contribution in [1.29, 1.82) is 0 Å². The molecule has 2 aromatic heterocycles. The average Bonchev–Trinajstić information content (AvgIpc) is 3.08. The molecule has 0 aromatic carbocycles. The Morgan fingerprint density at radius 3 is 2.67 bits per heavy atom. The van der Waals surface area contributed by atoms with E-state index in [0.717, 1.165) is 49.0 Å². The molecule has 6 heteroatoms. The van der Waals surface area contributed by atoms with Crippen LogP contribution in [0, 0.1) is 13.8 Å². The van der Waals surface area contributed by atoms with Crippen molar-refractivity contribution in [1.82, 2.24) is 20.2 Å². The van der Waals surface area contributed by atoms with Gasteiger partial charge in [0.05, 0.1) is 27.3 Å². The molecule has 1 unspecified atom stereocenters. The van der Waals surface area contributed by atoms with Gasteiger partial charge in [0.2, 0.25) is 0 Å². The summed E-state index contributed by atoms with van der Waals surface area (Å²) in [5, 5.41) is 7.98. The highest BCUT2D eigenvalue weighted by atomic mass is 32.1. The van der Waals surface area contributed by atoms with Crippen LogP contribution in [0.4, 0.5) is 0 Å². The lowest BCUT2D eigenvalue weighted by atomic mass is 10.2. The molecule has 1 saturated heterocycles. The third-order valence-electron chi connectivity index (χ3n) is 3.92. The molecule has 0 bridgehead atoms. The van der Waals surface area contributed by atoms with E-state index in [1.807, 2.05) is 0 Å². The zero-order valence-electron chi connectivity index (χ0n) is 12.8. The lowest BCUT2D eigenvalue weighted by Gasteiger charge is -2.33. The molecule has 1 N–H and O–H groups in total. The predicted molar refractivity (Wildman–Crippen MR) is 90.2 cm³/mol. The van der Waals surface area contributed by atoms with Gasteiger partial charge in [-0.2, -0.15) is 0 Å². The van der Waals surface area contributed by atoms with E-state index in [1.165, 1.54) is 9.88 Å². The fourth-order valence-electron chi connectivity index (χ4n) is 2.90. The van der Waals surface area contributed by atoms with Gasteiger partial charge in [-0.05, 0) is 20.3 Å². The van der Waals surface area contributed by atoms with Gasteiger partial charge in [-0.15, -0.1) is 22.7 Å². The Morgan fingerprint density at radius 2 is 2.05 bits per heavy atom. The second kappa shape index (κ2) is 6.52. The molecule has 3 rings (SSSR count). The Bertz CT molecular complexity index is 599. The molecule has 114 valence electrons. The quantitative estimate of drug-likeness (QED) is 0.938. The fraction of sp³-hybridized carbons (Fsp3) is 0.600. The summed E-state index contributed by atoms with van der Waals surface area (Å²) in [5.41, 5.74) is 2.20. The summed E-state index contributed by atoms with van der Waals surface area (Å²) in [5.74, 6) is 0. The topological polar surface area (TPSA) is 41.1 Å². The lowest BCUT2D eigenvalue weighted by Crippen LogP contribution is -2.45. The standard InChI is InChI=1S/C15H22N4S2/c1-4-13(19-7-5-16-6-8-19)15-18-12(9-20-15)14-10(2)17-11(3)21-14/h9,13,16H,4-8H2,1-3H3. The fourth-order valence-corrected chi connectivity index (χ4v) is 4.88. The number of hydrogen-bond donors (Lipinski definition) is 1. The van der Waals surface area contributed by atoms with Gasteiger partial charge >= 0.3 is 0 Å². The molecule has 0 amide bonds. The van der Waals surface area contributed by atoms with E-state index in [-0.39, 0.29) is 0 Å². The van der Waals surface area contributed by atoms with E-state index in [2.05, 4.69) is 41.4 Å². The molecular formula is C15H22N4S2. The molecule has 1 fully saturated rings. The van der Waals surface area contributed by atoms with Crippen molar-refractivity contribution < 1.29 is 0 Å². The van der Waals surface area contributed by atoms with Gasteiger partial charge in [0, 0.05) is 31.6 Å². The zero-order valence-corrected chi connectivity index (χ0v) is 14.5. The van der Waals surface area contributed by atoms with Crippen LogP contribution in [0.5, 0.6) is 0 Å². The Balaban J connectivity index is 1.84. The zero-order chi connectivity index (χ0) is 14.8. The number of aromatic nitrogens is 2. The maximum atomic E-state index is 4.93. The normalized spacial score (nSPS) is 18.0. The van der Waals surface area contributed by atoms with Crippen LogP contribution in [-0.2, 0) is 0 Å². The van der Waals surface area contributed by atoms with E-state index in [0.29, 0.717) is 6.04 Å². The Labute approximate surface area is 134 Å². The molecule has 0 radical (unpaired) electrons. The summed E-state index contributed by atoms with van der Waals surface area (Å²) in [6.45, 7) is 10.8. The lowest BCUT2D eigenvalue weighted by molar-refractivity contribution is 0.169. The summed E-state index contributed by atoms with van der Waals surface area (Å²) in [7, 11) is 0. The van der Waals surface area contributed by atoms with Crippen LogP contribution < -0.4 is 5.32 Å². The summed E-state index contributed by atoms with van der Waals surface area (Å²) in [4.78, 5) is 13.2. The highest BCUT2D eigenvalue weighted by Gasteiger charge is 2.24. The molecule has 1 aliphatic heterocycles. The van der Waals surface area contributed by atoms with Crippen molar-refractivity contribution in [3.05, 3.63) is 21.1 Å². The van der Waals surface area contributed by atoms with Crippen LogP contribution >= 0.6 is 22.7 Å². The van der Waals surface area contributed by atoms with Crippen LogP contribution in [-0.4, -0.2) is 41.0 Å². The monoisotopic (exact) mass is 322 g/mol. The first-order valence-electron chi connectivity index (χ1n) is 7.53. The smallest absolute Gasteiger partial charge is 0.111 e. The van der Waals surface area contributed by atoms with E-state index >= 15 is 0 Å². The van der Waals surface area contributed by atoms with Crippen LogP contribution in [0.2, 0.25) is 0 Å². The summed E-state index contributed by atoms with van der Waals surface area (Å²) in [6, 6.07) is 0.458. The van der Waals surface area contributed by atoms with E-state index in [1.54, 1.807) is 22.7 Å². The van der Waals surface area contributed by atoms with Gasteiger partial charge < -0.3 is 5.32 Å². The van der Waals surface area contributed by atoms with Gasteiger partial charge in [-0.1, -0.05) is 6.92 Å². The Hall–Kier alpha value is -0.820. The second-order valence-corrected chi connectivity index (χ2v) is 7.52. The van der Waals surface area contributed by atoms with Gasteiger partial charge in [0.25, 0.3) is 0 Å². The maximum absolute atomic E-state index is 4.93. The minimum absolute atomic E-state index is 0.458. The summed E-state index contributed by atoms with van der Waals surface area (Å²) >= 11 is 3.54. The minimum atomic E-state index is 0.458. The van der Waals surface area contributed by atoms with Crippen molar-refractivity contribution >= 4 is 22.7 Å². The molecule has 4 nitrogen and oxygen atoms in total. The molecule has 1 atom stereocenters. The predicted octanol–water partition coefficient (Wildman–Crippen LogP) is 3.24. The number of piperazine rings is 1. The summed E-state index contributed by atoms with van der Waals surface area (Å²) in [6.07, 6.45) is 1.12. The van der Waals surface area contributed by atoms with Gasteiger partial charge in [0.15, 0.2) is 0 Å². The number of thiazole rings is 2. The van der Waals surface area contributed by atoms with Crippen LogP contribution in [0.1, 0.15) is 35.1 Å². The molecule has 0 aliphatic carbocycles. The minimum Gasteiger partial charge on any atom is -0.314 e. The number of nitrogens with one attached hydrogen (secondary N) is 1.